The minimum Gasteiger partial charge on any atom is -0.452 e. The predicted molar refractivity (Wildman–Crippen MR) is 87.6 cm³/mol. The maximum absolute atomic E-state index is 12.7. The van der Waals surface area contributed by atoms with E-state index in [4.69, 9.17) is 4.74 Å². The molecule has 0 N–H and O–H groups in total. The average Bonchev–Trinajstić information content (AvgIpc) is 3.35. The molecule has 2 fully saturated rings. The molecular weight excluding hydrogens is 286 g/mol. The molecule has 1 heterocycles. The lowest BCUT2D eigenvalue weighted by Crippen LogP contribution is -2.15. The topological polar surface area (TPSA) is 39.2 Å². The fourth-order valence-electron chi connectivity index (χ4n) is 4.02. The maximum atomic E-state index is 12.7. The van der Waals surface area contributed by atoms with Crippen LogP contribution >= 0.6 is 0 Å². The first kappa shape index (κ1) is 14.4. The SMILES string of the molecule is O=C(OC(c1ccccc1)c1cccnc1)C1C2CCCCC21. The Bertz CT molecular complexity index is 619. The van der Waals surface area contributed by atoms with Gasteiger partial charge in [0.25, 0.3) is 0 Å². The number of rotatable bonds is 4. The van der Waals surface area contributed by atoms with Gasteiger partial charge in [-0.05, 0) is 36.3 Å². The summed E-state index contributed by atoms with van der Waals surface area (Å²) in [6.07, 6.45) is 8.06. The number of benzene rings is 1. The van der Waals surface area contributed by atoms with Gasteiger partial charge in [-0.3, -0.25) is 9.78 Å². The largest absolute Gasteiger partial charge is 0.452 e. The van der Waals surface area contributed by atoms with Crippen LogP contribution in [0.3, 0.4) is 0 Å². The molecule has 3 unspecified atom stereocenters. The molecule has 4 rings (SSSR count). The number of ether oxygens (including phenoxy) is 1. The highest BCUT2D eigenvalue weighted by molar-refractivity contribution is 5.77. The van der Waals surface area contributed by atoms with Crippen LogP contribution in [0.25, 0.3) is 0 Å². The molecule has 2 saturated carbocycles. The van der Waals surface area contributed by atoms with Gasteiger partial charge in [-0.2, -0.15) is 0 Å². The average molecular weight is 307 g/mol. The van der Waals surface area contributed by atoms with E-state index in [1.165, 1.54) is 25.7 Å². The van der Waals surface area contributed by atoms with Gasteiger partial charge in [0.05, 0.1) is 5.92 Å². The Morgan fingerprint density at radius 1 is 1.00 bits per heavy atom. The van der Waals surface area contributed by atoms with Crippen LogP contribution in [0.5, 0.6) is 0 Å². The van der Waals surface area contributed by atoms with Crippen molar-refractivity contribution in [3.05, 3.63) is 66.0 Å². The van der Waals surface area contributed by atoms with Gasteiger partial charge < -0.3 is 4.74 Å². The van der Waals surface area contributed by atoms with Gasteiger partial charge in [-0.1, -0.05) is 49.2 Å². The fraction of sp³-hybridized carbons (Fsp3) is 0.400. The van der Waals surface area contributed by atoms with Crippen molar-refractivity contribution in [1.29, 1.82) is 0 Å². The molecule has 2 aliphatic carbocycles. The van der Waals surface area contributed by atoms with Crippen molar-refractivity contribution in [2.24, 2.45) is 17.8 Å². The molecule has 2 aromatic rings. The summed E-state index contributed by atoms with van der Waals surface area (Å²) in [4.78, 5) is 16.9. The normalized spacial score (nSPS) is 26.9. The van der Waals surface area contributed by atoms with Crippen LogP contribution in [0.15, 0.2) is 54.9 Å². The van der Waals surface area contributed by atoms with Crippen LogP contribution < -0.4 is 0 Å². The van der Waals surface area contributed by atoms with Gasteiger partial charge in [0.1, 0.15) is 0 Å². The summed E-state index contributed by atoms with van der Waals surface area (Å²) < 4.78 is 5.96. The number of fused-ring (bicyclic) bond motifs is 1. The quantitative estimate of drug-likeness (QED) is 0.797. The third-order valence-electron chi connectivity index (χ3n) is 5.25. The monoisotopic (exact) mass is 307 g/mol. The molecule has 3 nitrogen and oxygen atoms in total. The standard InChI is InChI=1S/C20H21NO2/c22-20(18-16-10-4-5-11-17(16)18)23-19(14-7-2-1-3-8-14)15-9-6-12-21-13-15/h1-3,6-9,12-13,16-19H,4-5,10-11H2. The zero-order valence-electron chi connectivity index (χ0n) is 13.1. The summed E-state index contributed by atoms with van der Waals surface area (Å²) >= 11 is 0. The fourth-order valence-corrected chi connectivity index (χ4v) is 4.02. The summed E-state index contributed by atoms with van der Waals surface area (Å²) in [6.45, 7) is 0. The molecule has 118 valence electrons. The molecule has 0 saturated heterocycles. The summed E-state index contributed by atoms with van der Waals surface area (Å²) in [5.74, 6) is 1.24. The molecule has 1 aromatic heterocycles. The van der Waals surface area contributed by atoms with Crippen molar-refractivity contribution >= 4 is 5.97 Å². The molecule has 3 atom stereocenters. The number of hydrogen-bond acceptors (Lipinski definition) is 3. The molecular formula is C20H21NO2. The van der Waals surface area contributed by atoms with E-state index in [1.54, 1.807) is 12.4 Å². The lowest BCUT2D eigenvalue weighted by atomic mass is 10.0. The molecule has 2 aliphatic rings. The molecule has 3 heteroatoms. The van der Waals surface area contributed by atoms with E-state index >= 15 is 0 Å². The number of esters is 1. The van der Waals surface area contributed by atoms with E-state index in [-0.39, 0.29) is 18.0 Å². The van der Waals surface area contributed by atoms with Gasteiger partial charge in [0.15, 0.2) is 6.10 Å². The summed E-state index contributed by atoms with van der Waals surface area (Å²) in [5, 5.41) is 0. The van der Waals surface area contributed by atoms with Crippen LogP contribution in [0, 0.1) is 17.8 Å². The minimum atomic E-state index is -0.361. The lowest BCUT2D eigenvalue weighted by molar-refractivity contribution is -0.149. The summed E-state index contributed by atoms with van der Waals surface area (Å²) in [5.41, 5.74) is 1.92. The predicted octanol–water partition coefficient (Wildman–Crippen LogP) is 4.15. The maximum Gasteiger partial charge on any atom is 0.310 e. The highest BCUT2D eigenvalue weighted by Gasteiger charge is 2.56. The Morgan fingerprint density at radius 3 is 2.35 bits per heavy atom. The molecule has 0 bridgehead atoms. The third kappa shape index (κ3) is 2.88. The van der Waals surface area contributed by atoms with Crippen molar-refractivity contribution in [2.45, 2.75) is 31.8 Å². The van der Waals surface area contributed by atoms with Crippen molar-refractivity contribution in [3.8, 4) is 0 Å². The zero-order chi connectivity index (χ0) is 15.6. The number of carbonyl (C=O) groups is 1. The van der Waals surface area contributed by atoms with Crippen LogP contribution in [0.1, 0.15) is 42.9 Å². The molecule has 0 radical (unpaired) electrons. The van der Waals surface area contributed by atoms with E-state index in [1.807, 2.05) is 42.5 Å². The summed E-state index contributed by atoms with van der Waals surface area (Å²) in [6, 6.07) is 13.8. The van der Waals surface area contributed by atoms with Gasteiger partial charge in [-0.25, -0.2) is 0 Å². The highest BCUT2D eigenvalue weighted by atomic mass is 16.5. The number of aromatic nitrogens is 1. The minimum absolute atomic E-state index is 0.0281. The van der Waals surface area contributed by atoms with Crippen LogP contribution in [-0.4, -0.2) is 11.0 Å². The van der Waals surface area contributed by atoms with E-state index in [2.05, 4.69) is 4.98 Å². The van der Waals surface area contributed by atoms with Gasteiger partial charge in [0.2, 0.25) is 0 Å². The number of hydrogen-bond donors (Lipinski definition) is 0. The number of pyridine rings is 1. The van der Waals surface area contributed by atoms with Crippen LogP contribution in [0.2, 0.25) is 0 Å². The smallest absolute Gasteiger partial charge is 0.310 e. The lowest BCUT2D eigenvalue weighted by Gasteiger charge is -2.18. The first-order chi connectivity index (χ1) is 11.3. The van der Waals surface area contributed by atoms with Crippen molar-refractivity contribution in [3.63, 3.8) is 0 Å². The number of nitrogens with zero attached hydrogens (tertiary/aromatic N) is 1. The Balaban J connectivity index is 1.55. The Kier molecular flexibility index (Phi) is 3.86. The Labute approximate surface area is 136 Å². The van der Waals surface area contributed by atoms with Gasteiger partial charge in [-0.15, -0.1) is 0 Å². The summed E-state index contributed by atoms with van der Waals surface area (Å²) in [7, 11) is 0. The first-order valence-electron chi connectivity index (χ1n) is 8.50. The van der Waals surface area contributed by atoms with E-state index in [0.717, 1.165) is 11.1 Å². The second-order valence-electron chi connectivity index (χ2n) is 6.65. The molecule has 0 aliphatic heterocycles. The van der Waals surface area contributed by atoms with Gasteiger partial charge >= 0.3 is 5.97 Å². The highest BCUT2D eigenvalue weighted by Crippen LogP contribution is 2.56. The van der Waals surface area contributed by atoms with E-state index in [0.29, 0.717) is 11.8 Å². The van der Waals surface area contributed by atoms with Crippen molar-refractivity contribution < 1.29 is 9.53 Å². The van der Waals surface area contributed by atoms with Gasteiger partial charge in [0, 0.05) is 18.0 Å². The van der Waals surface area contributed by atoms with Crippen molar-refractivity contribution in [1.82, 2.24) is 4.98 Å². The van der Waals surface area contributed by atoms with Crippen LogP contribution in [0.4, 0.5) is 0 Å². The second kappa shape index (κ2) is 6.15. The van der Waals surface area contributed by atoms with Crippen LogP contribution in [-0.2, 0) is 9.53 Å². The molecule has 23 heavy (non-hydrogen) atoms. The Hall–Kier alpha value is -2.16. The second-order valence-corrected chi connectivity index (χ2v) is 6.65. The van der Waals surface area contributed by atoms with E-state index < -0.39 is 0 Å². The van der Waals surface area contributed by atoms with E-state index in [9.17, 15) is 4.79 Å². The van der Waals surface area contributed by atoms with Crippen molar-refractivity contribution in [2.75, 3.05) is 0 Å². The Morgan fingerprint density at radius 2 is 1.70 bits per heavy atom. The third-order valence-corrected chi connectivity index (χ3v) is 5.25. The zero-order valence-corrected chi connectivity index (χ0v) is 13.1. The molecule has 0 amide bonds. The molecule has 0 spiro atoms. The number of carbonyl (C=O) groups excluding carboxylic acids is 1. The molecule has 1 aromatic carbocycles. The first-order valence-corrected chi connectivity index (χ1v) is 8.50.